The molecule has 0 bridgehead atoms. The molecular formula is C26H30F3N5O2S. The van der Waals surface area contributed by atoms with Gasteiger partial charge in [-0.15, -0.1) is 21.5 Å². The molecule has 3 amide bonds. The molecule has 1 aromatic heterocycles. The summed E-state index contributed by atoms with van der Waals surface area (Å²) in [6, 6.07) is 4.64. The first-order chi connectivity index (χ1) is 17.3. The molecule has 11 heteroatoms. The van der Waals surface area contributed by atoms with Gasteiger partial charge in [0, 0.05) is 24.5 Å². The number of carbonyl (C=O) groups excluding carboxylic acids is 2. The molecule has 1 saturated heterocycles. The van der Waals surface area contributed by atoms with E-state index in [2.05, 4.69) is 20.8 Å². The summed E-state index contributed by atoms with van der Waals surface area (Å²) in [5, 5.41) is 14.4. The molecule has 198 valence electrons. The van der Waals surface area contributed by atoms with Gasteiger partial charge in [0.1, 0.15) is 10.5 Å². The number of allylic oxidation sites excluding steroid dienone is 2. The molecular weight excluding hydrogens is 503 g/mol. The van der Waals surface area contributed by atoms with Crippen LogP contribution in [-0.2, 0) is 11.0 Å². The summed E-state index contributed by atoms with van der Waals surface area (Å²) in [6.07, 6.45) is -0.534. The number of halogens is 3. The molecule has 2 heterocycles. The van der Waals surface area contributed by atoms with E-state index >= 15 is 0 Å². The predicted molar refractivity (Wildman–Crippen MR) is 135 cm³/mol. The maximum atomic E-state index is 13.4. The lowest BCUT2D eigenvalue weighted by molar-refractivity contribution is -0.137. The molecule has 4 rings (SSSR count). The Hall–Kier alpha value is -3.21. The van der Waals surface area contributed by atoms with Gasteiger partial charge in [0.25, 0.3) is 0 Å². The highest BCUT2D eigenvalue weighted by molar-refractivity contribution is 7.09. The van der Waals surface area contributed by atoms with E-state index in [0.717, 1.165) is 17.7 Å². The number of piperidine rings is 1. The van der Waals surface area contributed by atoms with Crippen LogP contribution in [0.2, 0.25) is 0 Å². The zero-order valence-electron chi connectivity index (χ0n) is 21.1. The topological polar surface area (TPSA) is 87.2 Å². The number of amides is 3. The molecule has 1 aliphatic heterocycles. The Morgan fingerprint density at radius 1 is 1.22 bits per heavy atom. The minimum absolute atomic E-state index is 0.233. The van der Waals surface area contributed by atoms with E-state index in [9.17, 15) is 22.8 Å². The second-order valence-electron chi connectivity index (χ2n) is 10.4. The third-order valence-electron chi connectivity index (χ3n) is 6.44. The van der Waals surface area contributed by atoms with Crippen molar-refractivity contribution in [2.75, 3.05) is 13.1 Å². The summed E-state index contributed by atoms with van der Waals surface area (Å²) in [5.41, 5.74) is 2.43. The number of nitrogens with one attached hydrogen (secondary N) is 2. The van der Waals surface area contributed by atoms with Crippen molar-refractivity contribution in [1.82, 2.24) is 25.7 Å². The van der Waals surface area contributed by atoms with Crippen LogP contribution in [0.25, 0.3) is 5.57 Å². The maximum Gasteiger partial charge on any atom is 0.416 e. The number of hydrogen-bond donors (Lipinski definition) is 2. The van der Waals surface area contributed by atoms with Gasteiger partial charge < -0.3 is 15.5 Å². The van der Waals surface area contributed by atoms with Crippen molar-refractivity contribution in [2.45, 2.75) is 51.9 Å². The SMILES string of the molecule is CC(NC(=O)C1C=CC(c2cccc(C(F)(F)F)c2)=C2CCN(C(=O)NC(C)(C)C)CC21)c1nncs1. The molecule has 1 fully saturated rings. The van der Waals surface area contributed by atoms with Crippen molar-refractivity contribution < 1.29 is 22.8 Å². The molecule has 0 radical (unpaired) electrons. The average molecular weight is 534 g/mol. The fourth-order valence-electron chi connectivity index (χ4n) is 4.73. The van der Waals surface area contributed by atoms with Crippen molar-refractivity contribution in [3.05, 3.63) is 63.6 Å². The standard InChI is InChI=1S/C26H30F3N5O2S/c1-15(23-33-30-14-37-23)31-22(35)20-9-8-18(16-6-5-7-17(12-16)26(27,28)29)19-10-11-34(13-21(19)20)24(36)32-25(2,3)4/h5-9,12,14-15,20-21H,10-11,13H2,1-4H3,(H,31,35)(H,32,36). The van der Waals surface area contributed by atoms with E-state index in [4.69, 9.17) is 0 Å². The first kappa shape index (κ1) is 26.8. The second kappa shape index (κ2) is 10.3. The minimum Gasteiger partial charge on any atom is -0.347 e. The first-order valence-corrected chi connectivity index (χ1v) is 12.9. The average Bonchev–Trinajstić information content (AvgIpc) is 3.36. The molecule has 3 atom stereocenters. The number of fused-ring (bicyclic) bond motifs is 1. The molecule has 2 aromatic rings. The molecule has 0 spiro atoms. The van der Waals surface area contributed by atoms with E-state index in [0.29, 0.717) is 29.1 Å². The lowest BCUT2D eigenvalue weighted by atomic mass is 9.73. The Labute approximate surface area is 217 Å². The second-order valence-corrected chi connectivity index (χ2v) is 11.3. The highest BCUT2D eigenvalue weighted by atomic mass is 32.1. The van der Waals surface area contributed by atoms with Crippen molar-refractivity contribution in [3.63, 3.8) is 0 Å². The molecule has 0 saturated carbocycles. The summed E-state index contributed by atoms with van der Waals surface area (Å²) >= 11 is 1.34. The monoisotopic (exact) mass is 533 g/mol. The molecule has 1 aromatic carbocycles. The van der Waals surface area contributed by atoms with Gasteiger partial charge in [0.05, 0.1) is 17.5 Å². The van der Waals surface area contributed by atoms with Crippen LogP contribution in [0.3, 0.4) is 0 Å². The summed E-state index contributed by atoms with van der Waals surface area (Å²) in [7, 11) is 0. The molecule has 1 aliphatic carbocycles. The third kappa shape index (κ3) is 6.20. The number of likely N-dealkylation sites (tertiary alicyclic amines) is 1. The number of hydrogen-bond acceptors (Lipinski definition) is 5. The van der Waals surface area contributed by atoms with E-state index in [-0.39, 0.29) is 30.4 Å². The number of nitrogens with zero attached hydrogens (tertiary/aromatic N) is 3. The van der Waals surface area contributed by atoms with Crippen LogP contribution < -0.4 is 10.6 Å². The first-order valence-electron chi connectivity index (χ1n) is 12.1. The number of rotatable bonds is 4. The Kier molecular flexibility index (Phi) is 7.45. The highest BCUT2D eigenvalue weighted by Crippen LogP contribution is 2.41. The summed E-state index contributed by atoms with van der Waals surface area (Å²) in [5.74, 6) is -1.21. The van der Waals surface area contributed by atoms with Gasteiger partial charge in [-0.1, -0.05) is 29.9 Å². The molecule has 2 aliphatic rings. The Morgan fingerprint density at radius 2 is 1.97 bits per heavy atom. The smallest absolute Gasteiger partial charge is 0.347 e. The summed E-state index contributed by atoms with van der Waals surface area (Å²) < 4.78 is 40.2. The van der Waals surface area contributed by atoms with Gasteiger partial charge in [-0.2, -0.15) is 13.2 Å². The summed E-state index contributed by atoms with van der Waals surface area (Å²) in [6.45, 7) is 8.16. The van der Waals surface area contributed by atoms with Crippen LogP contribution in [-0.4, -0.2) is 45.7 Å². The van der Waals surface area contributed by atoms with Gasteiger partial charge in [-0.3, -0.25) is 4.79 Å². The van der Waals surface area contributed by atoms with Gasteiger partial charge in [0.2, 0.25) is 5.91 Å². The quantitative estimate of drug-likeness (QED) is 0.565. The third-order valence-corrected chi connectivity index (χ3v) is 7.32. The van der Waals surface area contributed by atoms with Crippen molar-refractivity contribution in [3.8, 4) is 0 Å². The number of carbonyl (C=O) groups is 2. The Bertz CT molecular complexity index is 1220. The fourth-order valence-corrected chi connectivity index (χ4v) is 5.29. The van der Waals surface area contributed by atoms with E-state index in [1.54, 1.807) is 28.6 Å². The number of benzene rings is 1. The Balaban J connectivity index is 1.66. The van der Waals surface area contributed by atoms with Crippen LogP contribution in [0, 0.1) is 11.8 Å². The predicted octanol–water partition coefficient (Wildman–Crippen LogP) is 5.20. The van der Waals surface area contributed by atoms with E-state index in [1.165, 1.54) is 17.4 Å². The summed E-state index contributed by atoms with van der Waals surface area (Å²) in [4.78, 5) is 28.0. The van der Waals surface area contributed by atoms with Crippen LogP contribution in [0.4, 0.5) is 18.0 Å². The molecule has 3 unspecified atom stereocenters. The van der Waals surface area contributed by atoms with Crippen molar-refractivity contribution in [2.24, 2.45) is 11.8 Å². The van der Waals surface area contributed by atoms with Crippen molar-refractivity contribution in [1.29, 1.82) is 0 Å². The van der Waals surface area contributed by atoms with Crippen LogP contribution in [0.1, 0.15) is 56.3 Å². The molecule has 7 nitrogen and oxygen atoms in total. The van der Waals surface area contributed by atoms with Gasteiger partial charge in [-0.05, 0) is 57.4 Å². The molecule has 2 N–H and O–H groups in total. The normalized spacial score (nSPS) is 20.9. The zero-order valence-corrected chi connectivity index (χ0v) is 21.9. The van der Waals surface area contributed by atoms with E-state index in [1.807, 2.05) is 27.7 Å². The lowest BCUT2D eigenvalue weighted by Crippen LogP contribution is -2.53. The Morgan fingerprint density at radius 3 is 2.62 bits per heavy atom. The number of aromatic nitrogens is 2. The number of urea groups is 1. The van der Waals surface area contributed by atoms with Gasteiger partial charge in [0.15, 0.2) is 0 Å². The van der Waals surface area contributed by atoms with Crippen LogP contribution in [0.5, 0.6) is 0 Å². The molecule has 37 heavy (non-hydrogen) atoms. The maximum absolute atomic E-state index is 13.4. The van der Waals surface area contributed by atoms with Gasteiger partial charge >= 0.3 is 12.2 Å². The zero-order chi connectivity index (χ0) is 27.0. The lowest BCUT2D eigenvalue weighted by Gasteiger charge is -2.41. The number of alkyl halides is 3. The minimum atomic E-state index is -4.46. The fraction of sp³-hybridized carbons (Fsp3) is 0.462. The van der Waals surface area contributed by atoms with Gasteiger partial charge in [-0.25, -0.2) is 4.79 Å². The van der Waals surface area contributed by atoms with Crippen molar-refractivity contribution >= 4 is 28.8 Å². The van der Waals surface area contributed by atoms with E-state index < -0.39 is 23.2 Å². The highest BCUT2D eigenvalue weighted by Gasteiger charge is 2.40. The van der Waals surface area contributed by atoms with Crippen LogP contribution in [0.15, 0.2) is 47.5 Å². The van der Waals surface area contributed by atoms with Crippen LogP contribution >= 0.6 is 11.3 Å². The largest absolute Gasteiger partial charge is 0.416 e.